The zero-order chi connectivity index (χ0) is 53.9. The first kappa shape index (κ1) is 51.7. The Bertz CT molecular complexity index is 4130. The molecule has 0 fully saturated rings. The highest BCUT2D eigenvalue weighted by Gasteiger charge is 2.21. The molecule has 0 amide bonds. The maximum Gasteiger partial charge on any atom is 0.144 e. The molecule has 0 unspecified atom stereocenters. The summed E-state index contributed by atoms with van der Waals surface area (Å²) in [7, 11) is 0. The van der Waals surface area contributed by atoms with Crippen LogP contribution in [-0.4, -0.2) is 28.7 Å². The van der Waals surface area contributed by atoms with Gasteiger partial charge in [-0.05, 0) is 107 Å². The van der Waals surface area contributed by atoms with E-state index in [0.717, 1.165) is 60.4 Å². The van der Waals surface area contributed by atoms with Gasteiger partial charge in [-0.25, -0.2) is 9.97 Å². The smallest absolute Gasteiger partial charge is 0.144 e. The minimum atomic E-state index is 0.386. The van der Waals surface area contributed by atoms with E-state index >= 15 is 0 Å². The van der Waals surface area contributed by atoms with E-state index in [1.54, 1.807) is 0 Å². The van der Waals surface area contributed by atoms with Crippen LogP contribution in [0.2, 0.25) is 0 Å². The van der Waals surface area contributed by atoms with E-state index in [9.17, 15) is 5.26 Å². The summed E-state index contributed by atoms with van der Waals surface area (Å²) in [6.07, 6.45) is 7.93. The van der Waals surface area contributed by atoms with Gasteiger partial charge in [0.25, 0.3) is 0 Å². The van der Waals surface area contributed by atoms with Crippen LogP contribution in [0.25, 0.3) is 83.4 Å². The van der Waals surface area contributed by atoms with Gasteiger partial charge in [0, 0.05) is 78.7 Å². The van der Waals surface area contributed by atoms with Crippen LogP contribution in [0.15, 0.2) is 199 Å². The molecule has 4 heterocycles. The van der Waals surface area contributed by atoms with E-state index < -0.39 is 0 Å². The van der Waals surface area contributed by atoms with Crippen LogP contribution < -0.4 is 0 Å². The Morgan fingerprint density at radius 3 is 1.47 bits per heavy atom. The SMILES string of the molecule is CC(C)c1cccc(C(C)C)c1-n1ccnc1-c1cccc(-n2c3ccccc3c3ccc(C#N)cc32)c1.CC(C)c1cccc(C(C)C)c1-n1ccnc1-c1cccc(Br)c1.N#Cc1ccc2c(c1)[nH]c1ccccc12. The van der Waals surface area contributed by atoms with Crippen molar-refractivity contribution in [1.29, 1.82) is 10.5 Å². The number of aromatic amines is 1. The van der Waals surface area contributed by atoms with Crippen molar-refractivity contribution in [2.45, 2.75) is 79.1 Å². The number of nitrogens with zero attached hydrogens (tertiary/aromatic N) is 7. The van der Waals surface area contributed by atoms with Gasteiger partial charge >= 0.3 is 0 Å². The minimum absolute atomic E-state index is 0.386. The standard InChI is InChI=1S/C34H30N4.C21H23BrN2.C13H8N2/c1-22(2)27-12-8-13-28(23(3)4)33(27)37-18-17-36-34(37)25-9-7-10-26(20-25)38-31-14-6-5-11-29(31)30-16-15-24(21-35)19-32(30)38;1-14(2)18-9-6-10-19(15(3)4)20(18)24-12-11-23-21(24)16-7-5-8-17(22)13-16;14-8-9-5-6-11-10-3-1-2-4-12(10)15-13(11)7-9/h5-20,22-23H,1-4H3;5-15H,1-4H3;1-7,15H. The molecule has 0 radical (unpaired) electrons. The Morgan fingerprint density at radius 2 is 0.909 bits per heavy atom. The molecule has 380 valence electrons. The Morgan fingerprint density at radius 1 is 0.442 bits per heavy atom. The van der Waals surface area contributed by atoms with Gasteiger partial charge in [0.15, 0.2) is 0 Å². The second-order valence-electron chi connectivity index (χ2n) is 20.7. The molecule has 8 nitrogen and oxygen atoms in total. The summed E-state index contributed by atoms with van der Waals surface area (Å²) in [5, 5.41) is 23.1. The number of nitrogens with one attached hydrogen (secondary N) is 1. The van der Waals surface area contributed by atoms with Gasteiger partial charge in [-0.2, -0.15) is 10.5 Å². The van der Waals surface area contributed by atoms with Crippen LogP contribution in [0.4, 0.5) is 0 Å². The highest BCUT2D eigenvalue weighted by molar-refractivity contribution is 9.10. The molecular weight excluding hydrogens is 1010 g/mol. The summed E-state index contributed by atoms with van der Waals surface area (Å²) in [5.74, 6) is 3.58. The average molecular weight is 1070 g/mol. The number of nitriles is 2. The van der Waals surface area contributed by atoms with E-state index in [4.69, 9.17) is 10.2 Å². The number of halogens is 1. The van der Waals surface area contributed by atoms with Crippen LogP contribution in [-0.2, 0) is 0 Å². The molecule has 12 aromatic rings. The fraction of sp³-hybridized carbons (Fsp3) is 0.176. The third-order valence-electron chi connectivity index (χ3n) is 14.3. The van der Waals surface area contributed by atoms with Gasteiger partial charge in [0.1, 0.15) is 11.6 Å². The number of aromatic nitrogens is 6. The first-order valence-corrected chi connectivity index (χ1v) is 27.2. The van der Waals surface area contributed by atoms with Crippen molar-refractivity contribution in [3.63, 3.8) is 0 Å². The second kappa shape index (κ2) is 22.2. The van der Waals surface area contributed by atoms with Crippen LogP contribution in [0, 0.1) is 22.7 Å². The number of H-pyrrole nitrogens is 1. The highest BCUT2D eigenvalue weighted by Crippen LogP contribution is 2.38. The van der Waals surface area contributed by atoms with Gasteiger partial charge < -0.3 is 9.55 Å². The zero-order valence-electron chi connectivity index (χ0n) is 44.8. The number of rotatable bonds is 9. The topological polar surface area (TPSA) is 104 Å². The van der Waals surface area contributed by atoms with Crippen LogP contribution in [0.5, 0.6) is 0 Å². The Balaban J connectivity index is 0.000000146. The molecule has 0 aliphatic rings. The first-order chi connectivity index (χ1) is 37.3. The van der Waals surface area contributed by atoms with E-state index in [1.807, 2.05) is 67.0 Å². The third-order valence-corrected chi connectivity index (χ3v) is 14.8. The minimum Gasteiger partial charge on any atom is -0.354 e. The average Bonchev–Trinajstić information content (AvgIpc) is 4.28. The van der Waals surface area contributed by atoms with Crippen molar-refractivity contribution < 1.29 is 0 Å². The van der Waals surface area contributed by atoms with E-state index in [0.29, 0.717) is 34.8 Å². The number of hydrogen-bond acceptors (Lipinski definition) is 4. The predicted octanol–water partition coefficient (Wildman–Crippen LogP) is 18.5. The molecule has 8 aromatic carbocycles. The Kier molecular flexibility index (Phi) is 14.9. The fourth-order valence-electron chi connectivity index (χ4n) is 10.6. The van der Waals surface area contributed by atoms with Gasteiger partial charge in [-0.15, -0.1) is 0 Å². The monoisotopic (exact) mass is 1070 g/mol. The van der Waals surface area contributed by atoms with Crippen LogP contribution in [0.3, 0.4) is 0 Å². The summed E-state index contributed by atoms with van der Waals surface area (Å²) in [4.78, 5) is 12.8. The highest BCUT2D eigenvalue weighted by atomic mass is 79.9. The summed E-state index contributed by atoms with van der Waals surface area (Å²) in [5.41, 5.74) is 16.7. The number of fused-ring (bicyclic) bond motifs is 6. The summed E-state index contributed by atoms with van der Waals surface area (Å²) in [6.45, 7) is 18.0. The van der Waals surface area contributed by atoms with Crippen molar-refractivity contribution in [2.24, 2.45) is 0 Å². The molecule has 0 spiro atoms. The number of benzene rings is 8. The lowest BCUT2D eigenvalue weighted by molar-refractivity contribution is 0.806. The van der Waals surface area contributed by atoms with E-state index in [-0.39, 0.29) is 0 Å². The molecule has 0 atom stereocenters. The van der Waals surface area contributed by atoms with Crippen molar-refractivity contribution in [2.75, 3.05) is 0 Å². The lowest BCUT2D eigenvalue weighted by Gasteiger charge is -2.22. The summed E-state index contributed by atoms with van der Waals surface area (Å²) in [6, 6.07) is 62.8. The summed E-state index contributed by atoms with van der Waals surface area (Å²) >= 11 is 3.57. The van der Waals surface area contributed by atoms with Crippen molar-refractivity contribution in [3.8, 4) is 52.0 Å². The van der Waals surface area contributed by atoms with Gasteiger partial charge in [-0.3, -0.25) is 9.13 Å². The molecule has 0 saturated carbocycles. The number of hydrogen-bond donors (Lipinski definition) is 1. The predicted molar refractivity (Wildman–Crippen MR) is 322 cm³/mol. The molecule has 77 heavy (non-hydrogen) atoms. The first-order valence-electron chi connectivity index (χ1n) is 26.4. The van der Waals surface area contributed by atoms with Crippen molar-refractivity contribution in [1.82, 2.24) is 28.7 Å². The van der Waals surface area contributed by atoms with Gasteiger partial charge in [0.2, 0.25) is 0 Å². The molecule has 4 aromatic heterocycles. The molecule has 12 rings (SSSR count). The Hall–Kier alpha value is -8.76. The second-order valence-corrected chi connectivity index (χ2v) is 21.6. The molecule has 9 heteroatoms. The quantitative estimate of drug-likeness (QED) is 0.155. The maximum absolute atomic E-state index is 9.59. The zero-order valence-corrected chi connectivity index (χ0v) is 46.4. The molecule has 0 saturated heterocycles. The van der Waals surface area contributed by atoms with E-state index in [2.05, 4.69) is 235 Å². The molecule has 1 N–H and O–H groups in total. The summed E-state index contributed by atoms with van der Waals surface area (Å²) < 4.78 is 7.82. The van der Waals surface area contributed by atoms with Gasteiger partial charge in [-0.1, -0.05) is 181 Å². The third kappa shape index (κ3) is 10.2. The maximum atomic E-state index is 9.59. The van der Waals surface area contributed by atoms with Crippen LogP contribution >= 0.6 is 15.9 Å². The normalized spacial score (nSPS) is 11.4. The molecule has 0 aliphatic carbocycles. The Labute approximate surface area is 459 Å². The van der Waals surface area contributed by atoms with E-state index in [1.165, 1.54) is 49.8 Å². The lowest BCUT2D eigenvalue weighted by Crippen LogP contribution is -2.08. The fourth-order valence-corrected chi connectivity index (χ4v) is 11.0. The molecular formula is C68H61BrN8. The lowest BCUT2D eigenvalue weighted by atomic mass is 9.92. The number of imidazole rings is 2. The van der Waals surface area contributed by atoms with Crippen molar-refractivity contribution >= 4 is 59.5 Å². The number of para-hydroxylation sites is 4. The largest absolute Gasteiger partial charge is 0.354 e. The van der Waals surface area contributed by atoms with Crippen LogP contribution in [0.1, 0.15) is 112 Å². The van der Waals surface area contributed by atoms with Crippen molar-refractivity contribution in [3.05, 3.63) is 232 Å². The van der Waals surface area contributed by atoms with Gasteiger partial charge in [0.05, 0.1) is 45.7 Å². The molecule has 0 aliphatic heterocycles. The molecule has 0 bridgehead atoms.